The highest BCUT2D eigenvalue weighted by atomic mass is 32.3. The zero-order valence-electron chi connectivity index (χ0n) is 6.46. The highest BCUT2D eigenvalue weighted by Gasteiger charge is 2.69. The van der Waals surface area contributed by atoms with Gasteiger partial charge in [-0.15, -0.1) is 0 Å². The average molecular weight is 266 g/mol. The van der Waals surface area contributed by atoms with Gasteiger partial charge < -0.3 is 0 Å². The Balaban J connectivity index is 5.21. The number of alkyl halides is 7. The summed E-state index contributed by atoms with van der Waals surface area (Å²) >= 11 is 0. The maximum Gasteiger partial charge on any atom is 0.436 e. The molecule has 0 fully saturated rings. The summed E-state index contributed by atoms with van der Waals surface area (Å²) in [6.45, 7) is 0. The highest BCUT2D eigenvalue weighted by Crippen LogP contribution is 2.45. The van der Waals surface area contributed by atoms with Crippen LogP contribution in [0.25, 0.3) is 0 Å². The van der Waals surface area contributed by atoms with E-state index < -0.39 is 34.0 Å². The van der Waals surface area contributed by atoms with Gasteiger partial charge in [0.2, 0.25) is 0 Å². The lowest BCUT2D eigenvalue weighted by atomic mass is 10.2. The molecule has 0 unspecified atom stereocenters. The Labute approximate surface area is 78.1 Å². The first kappa shape index (κ1) is 14.4. The van der Waals surface area contributed by atoms with Crippen molar-refractivity contribution in [3.05, 3.63) is 0 Å². The molecule has 0 rings (SSSR count). The summed E-state index contributed by atoms with van der Waals surface area (Å²) in [4.78, 5) is 0. The van der Waals surface area contributed by atoms with Gasteiger partial charge in [0.05, 0.1) is 0 Å². The summed E-state index contributed by atoms with van der Waals surface area (Å²) in [5.74, 6) is -6.06. The molecule has 0 radical (unpaired) electrons. The second kappa shape index (κ2) is 3.46. The Morgan fingerprint density at radius 3 is 1.40 bits per heavy atom. The van der Waals surface area contributed by atoms with Gasteiger partial charge in [-0.3, -0.25) is 0 Å². The highest BCUT2D eigenvalue weighted by molar-refractivity contribution is 7.87. The maximum atomic E-state index is 12.1. The normalized spacial score (nSPS) is 15.5. The van der Waals surface area contributed by atoms with E-state index in [-0.39, 0.29) is 0 Å². The first-order valence-electron chi connectivity index (χ1n) is 2.97. The number of rotatable bonds is 3. The van der Waals surface area contributed by atoms with Crippen LogP contribution in [0, 0.1) is 0 Å². The first-order valence-corrected chi connectivity index (χ1v) is 4.36. The predicted octanol–water partition coefficient (Wildman–Crippen LogP) is 2.47. The SMILES string of the molecule is O=S(=O)(F)C(F)(F)C(F)(F)CC(F)(F)F. The molecule has 11 heteroatoms. The van der Waals surface area contributed by atoms with Crippen molar-refractivity contribution in [1.82, 2.24) is 0 Å². The molecule has 0 bridgehead atoms. The van der Waals surface area contributed by atoms with Crippen LogP contribution in [-0.2, 0) is 10.2 Å². The van der Waals surface area contributed by atoms with E-state index in [4.69, 9.17) is 0 Å². The third-order valence-electron chi connectivity index (χ3n) is 1.15. The summed E-state index contributed by atoms with van der Waals surface area (Å²) in [7, 11) is -7.12. The summed E-state index contributed by atoms with van der Waals surface area (Å²) in [5.41, 5.74) is 0. The van der Waals surface area contributed by atoms with Crippen LogP contribution in [0.15, 0.2) is 0 Å². The van der Waals surface area contributed by atoms with E-state index in [0.29, 0.717) is 0 Å². The van der Waals surface area contributed by atoms with Crippen molar-refractivity contribution in [3.8, 4) is 0 Å². The molecule has 0 aliphatic carbocycles. The minimum Gasteiger partial charge on any atom is -0.198 e. The lowest BCUT2D eigenvalue weighted by Gasteiger charge is -2.23. The molecular weight excluding hydrogens is 264 g/mol. The van der Waals surface area contributed by atoms with Crippen LogP contribution in [0.5, 0.6) is 0 Å². The van der Waals surface area contributed by atoms with Crippen molar-refractivity contribution in [2.24, 2.45) is 0 Å². The van der Waals surface area contributed by atoms with Crippen LogP contribution in [0.4, 0.5) is 34.6 Å². The number of hydrogen-bond donors (Lipinski definition) is 0. The summed E-state index contributed by atoms with van der Waals surface area (Å²) in [6.07, 6.45) is -9.19. The second-order valence-corrected chi connectivity index (χ2v) is 3.84. The van der Waals surface area contributed by atoms with E-state index in [9.17, 15) is 43.0 Å². The molecule has 0 heterocycles. The van der Waals surface area contributed by atoms with Crippen LogP contribution in [-0.4, -0.2) is 25.8 Å². The van der Waals surface area contributed by atoms with Crippen molar-refractivity contribution >= 4 is 10.2 Å². The van der Waals surface area contributed by atoms with Crippen molar-refractivity contribution in [1.29, 1.82) is 0 Å². The molecule has 0 aliphatic rings. The summed E-state index contributed by atoms with van der Waals surface area (Å²) in [5, 5.41) is -6.41. The largest absolute Gasteiger partial charge is 0.436 e. The van der Waals surface area contributed by atoms with E-state index in [0.717, 1.165) is 0 Å². The van der Waals surface area contributed by atoms with E-state index in [1.54, 1.807) is 0 Å². The molecule has 92 valence electrons. The Morgan fingerprint density at radius 1 is 0.867 bits per heavy atom. The molecule has 2 nitrogen and oxygen atoms in total. The zero-order valence-corrected chi connectivity index (χ0v) is 7.27. The van der Waals surface area contributed by atoms with Gasteiger partial charge in [-0.05, 0) is 0 Å². The van der Waals surface area contributed by atoms with Gasteiger partial charge in [0, 0.05) is 0 Å². The molecule has 0 aromatic carbocycles. The predicted molar refractivity (Wildman–Crippen MR) is 30.6 cm³/mol. The number of halogens is 8. The molecule has 0 spiro atoms. The van der Waals surface area contributed by atoms with Crippen molar-refractivity contribution in [2.45, 2.75) is 23.8 Å². The van der Waals surface area contributed by atoms with Crippen LogP contribution in [0.1, 0.15) is 6.42 Å². The molecule has 0 saturated carbocycles. The van der Waals surface area contributed by atoms with Crippen LogP contribution in [0.2, 0.25) is 0 Å². The second-order valence-electron chi connectivity index (χ2n) is 2.45. The fourth-order valence-corrected chi connectivity index (χ4v) is 0.962. The smallest absolute Gasteiger partial charge is 0.198 e. The van der Waals surface area contributed by atoms with E-state index >= 15 is 0 Å². The zero-order chi connectivity index (χ0) is 12.7. The topological polar surface area (TPSA) is 34.1 Å². The molecule has 0 aromatic heterocycles. The fraction of sp³-hybridized carbons (Fsp3) is 1.00. The monoisotopic (exact) mass is 266 g/mol. The van der Waals surface area contributed by atoms with Crippen LogP contribution in [0.3, 0.4) is 0 Å². The quantitative estimate of drug-likeness (QED) is 0.581. The molecular formula is C4H2F8O2S. The third-order valence-corrected chi connectivity index (χ3v) is 2.07. The molecule has 0 atom stereocenters. The molecule has 0 N–H and O–H groups in total. The Kier molecular flexibility index (Phi) is 3.31. The minimum absolute atomic E-state index is 3.43. The van der Waals surface area contributed by atoms with Gasteiger partial charge in [0.15, 0.2) is 0 Å². The molecule has 15 heavy (non-hydrogen) atoms. The van der Waals surface area contributed by atoms with Crippen molar-refractivity contribution in [2.75, 3.05) is 0 Å². The first-order chi connectivity index (χ1) is 6.21. The molecule has 0 aromatic rings. The van der Waals surface area contributed by atoms with Gasteiger partial charge in [-0.1, -0.05) is 3.89 Å². The van der Waals surface area contributed by atoms with E-state index in [1.165, 1.54) is 0 Å². The number of hydrogen-bond acceptors (Lipinski definition) is 2. The lowest BCUT2D eigenvalue weighted by Crippen LogP contribution is -2.47. The van der Waals surface area contributed by atoms with Gasteiger partial charge in [0.1, 0.15) is 6.42 Å². The summed E-state index contributed by atoms with van der Waals surface area (Å²) in [6, 6.07) is 0. The summed E-state index contributed by atoms with van der Waals surface area (Å²) < 4.78 is 113. The Hall–Kier alpha value is -0.610. The Bertz CT molecular complexity index is 327. The van der Waals surface area contributed by atoms with Gasteiger partial charge in [0.25, 0.3) is 0 Å². The van der Waals surface area contributed by atoms with E-state index in [1.807, 2.05) is 0 Å². The molecule has 0 saturated heterocycles. The molecule has 0 amide bonds. The standard InChI is InChI=1S/C4H2F8O2S/c5-2(6,1-3(7,8)9)4(10,11)15(12,13)14/h1H2. The van der Waals surface area contributed by atoms with Crippen LogP contribution < -0.4 is 0 Å². The maximum absolute atomic E-state index is 12.1. The third kappa shape index (κ3) is 3.18. The minimum atomic E-state index is -7.12. The van der Waals surface area contributed by atoms with E-state index in [2.05, 4.69) is 0 Å². The fourth-order valence-electron chi connectivity index (χ4n) is 0.533. The Morgan fingerprint density at radius 2 is 1.20 bits per heavy atom. The molecule has 0 aliphatic heterocycles. The van der Waals surface area contributed by atoms with Crippen LogP contribution >= 0.6 is 0 Å². The van der Waals surface area contributed by atoms with Gasteiger partial charge >= 0.3 is 27.6 Å². The van der Waals surface area contributed by atoms with Gasteiger partial charge in [-0.25, -0.2) is 0 Å². The average Bonchev–Trinajstić information content (AvgIpc) is 1.77. The van der Waals surface area contributed by atoms with Crippen molar-refractivity contribution < 1.29 is 43.0 Å². The van der Waals surface area contributed by atoms with Crippen molar-refractivity contribution in [3.63, 3.8) is 0 Å². The van der Waals surface area contributed by atoms with Gasteiger partial charge in [-0.2, -0.15) is 39.2 Å². The lowest BCUT2D eigenvalue weighted by molar-refractivity contribution is -0.236.